The molecule has 0 heterocycles. The molecule has 0 radical (unpaired) electrons. The van der Waals surface area contributed by atoms with E-state index in [1.165, 1.54) is 0 Å². The average molecular weight is 240 g/mol. The fraction of sp³-hybridized carbons (Fsp3) is 0.692. The monoisotopic (exact) mass is 240 g/mol. The summed E-state index contributed by atoms with van der Waals surface area (Å²) < 4.78 is 9.67. The first-order chi connectivity index (χ1) is 8.26. The molecule has 0 saturated heterocycles. The number of carbonyl (C=O) groups excluding carboxylic acids is 2. The standard InChI is InChI=1S/C13H20O4/c1-3-6-10-11(7-5-8-16-9-14)12(10)13(15)17-4-2/h3,9-12H,1,4-8H2,2H3. The molecule has 1 fully saturated rings. The van der Waals surface area contributed by atoms with Crippen LogP contribution in [-0.4, -0.2) is 25.7 Å². The van der Waals surface area contributed by atoms with E-state index in [-0.39, 0.29) is 11.9 Å². The van der Waals surface area contributed by atoms with Crippen LogP contribution < -0.4 is 0 Å². The molecule has 4 heteroatoms. The Bertz CT molecular complexity index is 275. The number of hydrogen-bond acceptors (Lipinski definition) is 4. The van der Waals surface area contributed by atoms with Gasteiger partial charge in [-0.05, 0) is 38.0 Å². The third kappa shape index (κ3) is 3.88. The van der Waals surface area contributed by atoms with E-state index in [9.17, 15) is 9.59 Å². The molecular weight excluding hydrogens is 220 g/mol. The summed E-state index contributed by atoms with van der Waals surface area (Å²) in [5, 5.41) is 0. The van der Waals surface area contributed by atoms with Gasteiger partial charge >= 0.3 is 5.97 Å². The first kappa shape index (κ1) is 13.7. The lowest BCUT2D eigenvalue weighted by Gasteiger charge is -2.00. The normalized spacial score (nSPS) is 26.1. The van der Waals surface area contributed by atoms with E-state index in [1.54, 1.807) is 0 Å². The molecule has 0 spiro atoms. The predicted molar refractivity (Wildman–Crippen MR) is 63.2 cm³/mol. The van der Waals surface area contributed by atoms with Gasteiger partial charge in [0.05, 0.1) is 19.1 Å². The van der Waals surface area contributed by atoms with Crippen LogP contribution in [0.25, 0.3) is 0 Å². The third-order valence-corrected chi connectivity index (χ3v) is 3.20. The highest BCUT2D eigenvalue weighted by Gasteiger charge is 2.53. The summed E-state index contributed by atoms with van der Waals surface area (Å²) >= 11 is 0. The van der Waals surface area contributed by atoms with Gasteiger partial charge in [-0.3, -0.25) is 9.59 Å². The van der Waals surface area contributed by atoms with Gasteiger partial charge in [-0.15, -0.1) is 6.58 Å². The highest BCUT2D eigenvalue weighted by atomic mass is 16.5. The van der Waals surface area contributed by atoms with Crippen molar-refractivity contribution in [2.75, 3.05) is 13.2 Å². The number of carbonyl (C=O) groups is 2. The first-order valence-corrected chi connectivity index (χ1v) is 6.09. The fourth-order valence-electron chi connectivity index (χ4n) is 2.39. The average Bonchev–Trinajstić information content (AvgIpc) is 2.99. The molecule has 0 aromatic heterocycles. The molecule has 0 amide bonds. The minimum absolute atomic E-state index is 0.0178. The number of allylic oxidation sites excluding steroid dienone is 1. The van der Waals surface area contributed by atoms with Gasteiger partial charge in [0, 0.05) is 0 Å². The topological polar surface area (TPSA) is 52.6 Å². The SMILES string of the molecule is C=CCC1C(CCCOC=O)C1C(=O)OCC. The second kappa shape index (κ2) is 7.09. The molecule has 0 aliphatic heterocycles. The number of rotatable bonds is 9. The Morgan fingerprint density at radius 2 is 2.18 bits per heavy atom. The quantitative estimate of drug-likeness (QED) is 0.267. The summed E-state index contributed by atoms with van der Waals surface area (Å²) in [5.41, 5.74) is 0. The lowest BCUT2D eigenvalue weighted by molar-refractivity contribution is -0.145. The summed E-state index contributed by atoms with van der Waals surface area (Å²) in [6.07, 6.45) is 4.39. The zero-order valence-corrected chi connectivity index (χ0v) is 10.3. The summed E-state index contributed by atoms with van der Waals surface area (Å²) in [7, 11) is 0. The molecule has 17 heavy (non-hydrogen) atoms. The summed E-state index contributed by atoms with van der Waals surface area (Å²) in [6, 6.07) is 0. The summed E-state index contributed by atoms with van der Waals surface area (Å²) in [4.78, 5) is 21.6. The van der Waals surface area contributed by atoms with Crippen LogP contribution in [0.15, 0.2) is 12.7 Å². The Labute approximate surface area is 102 Å². The highest BCUT2D eigenvalue weighted by Crippen LogP contribution is 2.52. The van der Waals surface area contributed by atoms with Crippen LogP contribution in [-0.2, 0) is 19.1 Å². The van der Waals surface area contributed by atoms with Crippen molar-refractivity contribution in [3.8, 4) is 0 Å². The molecule has 1 aliphatic rings. The Kier molecular flexibility index (Phi) is 5.73. The minimum atomic E-state index is -0.0966. The van der Waals surface area contributed by atoms with E-state index in [0.29, 0.717) is 31.5 Å². The zero-order valence-electron chi connectivity index (χ0n) is 10.3. The van der Waals surface area contributed by atoms with Crippen LogP contribution in [0.4, 0.5) is 0 Å². The molecule has 0 aromatic rings. The molecular formula is C13H20O4. The molecule has 1 saturated carbocycles. The van der Waals surface area contributed by atoms with Gasteiger partial charge in [-0.2, -0.15) is 0 Å². The largest absolute Gasteiger partial charge is 0.468 e. The van der Waals surface area contributed by atoms with Crippen molar-refractivity contribution in [1.29, 1.82) is 0 Å². The molecule has 0 aromatic carbocycles. The van der Waals surface area contributed by atoms with Crippen LogP contribution in [0.3, 0.4) is 0 Å². The van der Waals surface area contributed by atoms with Crippen molar-refractivity contribution in [2.45, 2.75) is 26.2 Å². The Morgan fingerprint density at radius 3 is 2.76 bits per heavy atom. The van der Waals surface area contributed by atoms with E-state index >= 15 is 0 Å². The number of hydrogen-bond donors (Lipinski definition) is 0. The summed E-state index contributed by atoms with van der Waals surface area (Å²) in [5.74, 6) is 0.648. The van der Waals surface area contributed by atoms with Gasteiger partial charge in [-0.25, -0.2) is 0 Å². The van der Waals surface area contributed by atoms with E-state index in [2.05, 4.69) is 11.3 Å². The smallest absolute Gasteiger partial charge is 0.309 e. The van der Waals surface area contributed by atoms with E-state index in [0.717, 1.165) is 19.3 Å². The van der Waals surface area contributed by atoms with Crippen molar-refractivity contribution in [3.63, 3.8) is 0 Å². The number of ether oxygens (including phenoxy) is 2. The molecule has 0 bridgehead atoms. The van der Waals surface area contributed by atoms with Gasteiger partial charge in [-0.1, -0.05) is 6.08 Å². The lowest BCUT2D eigenvalue weighted by Crippen LogP contribution is -2.08. The van der Waals surface area contributed by atoms with Crippen molar-refractivity contribution in [2.24, 2.45) is 17.8 Å². The second-order valence-electron chi connectivity index (χ2n) is 4.24. The van der Waals surface area contributed by atoms with Gasteiger partial charge in [0.15, 0.2) is 0 Å². The molecule has 4 nitrogen and oxygen atoms in total. The zero-order chi connectivity index (χ0) is 12.7. The van der Waals surface area contributed by atoms with E-state index < -0.39 is 0 Å². The molecule has 0 N–H and O–H groups in total. The Balaban J connectivity index is 2.33. The van der Waals surface area contributed by atoms with Crippen LogP contribution in [0.1, 0.15) is 26.2 Å². The Hall–Kier alpha value is -1.32. The van der Waals surface area contributed by atoms with E-state index in [4.69, 9.17) is 4.74 Å². The van der Waals surface area contributed by atoms with Gasteiger partial charge in [0.25, 0.3) is 6.47 Å². The van der Waals surface area contributed by atoms with E-state index in [1.807, 2.05) is 13.0 Å². The maximum atomic E-state index is 11.6. The lowest BCUT2D eigenvalue weighted by atomic mass is 10.1. The summed E-state index contributed by atoms with van der Waals surface area (Å²) in [6.45, 7) is 6.83. The highest BCUT2D eigenvalue weighted by molar-refractivity contribution is 5.76. The first-order valence-electron chi connectivity index (χ1n) is 6.09. The fourth-order valence-corrected chi connectivity index (χ4v) is 2.39. The van der Waals surface area contributed by atoms with Gasteiger partial charge < -0.3 is 9.47 Å². The number of esters is 1. The Morgan fingerprint density at radius 1 is 1.41 bits per heavy atom. The van der Waals surface area contributed by atoms with Crippen LogP contribution in [0, 0.1) is 17.8 Å². The minimum Gasteiger partial charge on any atom is -0.468 e. The predicted octanol–water partition coefficient (Wildman–Crippen LogP) is 1.94. The van der Waals surface area contributed by atoms with Crippen molar-refractivity contribution >= 4 is 12.4 Å². The van der Waals surface area contributed by atoms with Crippen LogP contribution >= 0.6 is 0 Å². The van der Waals surface area contributed by atoms with Crippen LogP contribution in [0.2, 0.25) is 0 Å². The van der Waals surface area contributed by atoms with Crippen molar-refractivity contribution in [1.82, 2.24) is 0 Å². The van der Waals surface area contributed by atoms with Gasteiger partial charge in [0.2, 0.25) is 0 Å². The van der Waals surface area contributed by atoms with Crippen molar-refractivity contribution in [3.05, 3.63) is 12.7 Å². The molecule has 3 atom stereocenters. The van der Waals surface area contributed by atoms with Gasteiger partial charge in [0.1, 0.15) is 0 Å². The van der Waals surface area contributed by atoms with Crippen molar-refractivity contribution < 1.29 is 19.1 Å². The second-order valence-corrected chi connectivity index (χ2v) is 4.24. The molecule has 96 valence electrons. The third-order valence-electron chi connectivity index (χ3n) is 3.20. The molecule has 1 rings (SSSR count). The maximum absolute atomic E-state index is 11.6. The van der Waals surface area contributed by atoms with Crippen LogP contribution in [0.5, 0.6) is 0 Å². The molecule has 3 unspecified atom stereocenters. The molecule has 1 aliphatic carbocycles. The maximum Gasteiger partial charge on any atom is 0.309 e.